The molecule has 0 spiro atoms. The number of halogens is 2. The SMILES string of the molecule is O=C(NCCS(=O)Cc1ccccc1)C(F)(F)C1(O)CCC1. The van der Waals surface area contributed by atoms with Crippen LogP contribution in [0, 0.1) is 0 Å². The molecule has 0 aromatic heterocycles. The van der Waals surface area contributed by atoms with E-state index in [4.69, 9.17) is 0 Å². The summed E-state index contributed by atoms with van der Waals surface area (Å²) in [5, 5.41) is 11.7. The Kier molecular flexibility index (Phi) is 5.28. The average Bonchev–Trinajstić information content (AvgIpc) is 2.45. The predicted molar refractivity (Wildman–Crippen MR) is 79.9 cm³/mol. The number of hydrogen-bond donors (Lipinski definition) is 2. The van der Waals surface area contributed by atoms with E-state index in [0.717, 1.165) is 5.56 Å². The van der Waals surface area contributed by atoms with E-state index >= 15 is 0 Å². The normalized spacial score (nSPS) is 18.3. The second-order valence-corrected chi connectivity index (χ2v) is 7.07. The number of benzene rings is 1. The second-order valence-electron chi connectivity index (χ2n) is 5.49. The molecule has 2 rings (SSSR count). The minimum Gasteiger partial charge on any atom is -0.383 e. The lowest BCUT2D eigenvalue weighted by Gasteiger charge is -2.41. The van der Waals surface area contributed by atoms with Gasteiger partial charge in [0.05, 0.1) is 0 Å². The van der Waals surface area contributed by atoms with Gasteiger partial charge in [-0.05, 0) is 24.8 Å². The van der Waals surface area contributed by atoms with Crippen molar-refractivity contribution in [2.45, 2.75) is 36.5 Å². The van der Waals surface area contributed by atoms with E-state index in [-0.39, 0.29) is 25.1 Å². The van der Waals surface area contributed by atoms with Crippen LogP contribution in [0.2, 0.25) is 0 Å². The second kappa shape index (κ2) is 6.83. The van der Waals surface area contributed by atoms with Crippen molar-refractivity contribution in [2.75, 3.05) is 12.3 Å². The molecule has 1 saturated carbocycles. The Balaban J connectivity index is 1.76. The highest BCUT2D eigenvalue weighted by atomic mass is 32.2. The number of alkyl halides is 2. The molecule has 1 aliphatic carbocycles. The Morgan fingerprint density at radius 2 is 1.95 bits per heavy atom. The number of carbonyl (C=O) groups is 1. The first-order chi connectivity index (χ1) is 10.3. The quantitative estimate of drug-likeness (QED) is 0.798. The monoisotopic (exact) mass is 331 g/mol. The van der Waals surface area contributed by atoms with Crippen molar-refractivity contribution in [3.8, 4) is 0 Å². The molecule has 1 aliphatic rings. The zero-order valence-corrected chi connectivity index (χ0v) is 12.9. The highest BCUT2D eigenvalue weighted by Crippen LogP contribution is 2.44. The van der Waals surface area contributed by atoms with E-state index in [1.54, 1.807) is 0 Å². The fraction of sp³-hybridized carbons (Fsp3) is 0.533. The van der Waals surface area contributed by atoms with E-state index in [0.29, 0.717) is 12.2 Å². The summed E-state index contributed by atoms with van der Waals surface area (Å²) in [6, 6.07) is 9.16. The van der Waals surface area contributed by atoms with Crippen LogP contribution in [0.1, 0.15) is 24.8 Å². The van der Waals surface area contributed by atoms with E-state index in [2.05, 4.69) is 5.32 Å². The van der Waals surface area contributed by atoms with Gasteiger partial charge in [0, 0.05) is 28.9 Å². The number of carbonyl (C=O) groups excluding carboxylic acids is 1. The van der Waals surface area contributed by atoms with Gasteiger partial charge in [-0.25, -0.2) is 0 Å². The summed E-state index contributed by atoms with van der Waals surface area (Å²) in [5.41, 5.74) is -1.33. The summed E-state index contributed by atoms with van der Waals surface area (Å²) >= 11 is 0. The van der Waals surface area contributed by atoms with Gasteiger partial charge in [-0.15, -0.1) is 0 Å². The summed E-state index contributed by atoms with van der Waals surface area (Å²) in [7, 11) is -1.25. The van der Waals surface area contributed by atoms with Gasteiger partial charge in [0.2, 0.25) is 0 Å². The molecule has 4 nitrogen and oxygen atoms in total. The molecule has 22 heavy (non-hydrogen) atoms. The van der Waals surface area contributed by atoms with E-state index < -0.39 is 28.2 Å². The van der Waals surface area contributed by atoms with Crippen LogP contribution in [-0.2, 0) is 21.3 Å². The van der Waals surface area contributed by atoms with Crippen LogP contribution >= 0.6 is 0 Å². The Bertz CT molecular complexity index is 547. The number of hydrogen-bond acceptors (Lipinski definition) is 3. The summed E-state index contributed by atoms with van der Waals surface area (Å²) in [6.07, 6.45) is 0.335. The minimum atomic E-state index is -3.80. The molecule has 0 radical (unpaired) electrons. The molecule has 1 aromatic rings. The maximum Gasteiger partial charge on any atom is 0.352 e. The van der Waals surface area contributed by atoms with Gasteiger partial charge in [0.15, 0.2) is 0 Å². The van der Waals surface area contributed by atoms with Crippen LogP contribution in [0.3, 0.4) is 0 Å². The summed E-state index contributed by atoms with van der Waals surface area (Å²) < 4.78 is 39.4. The summed E-state index contributed by atoms with van der Waals surface area (Å²) in [4.78, 5) is 11.5. The fourth-order valence-corrected chi connectivity index (χ4v) is 3.30. The average molecular weight is 331 g/mol. The lowest BCUT2D eigenvalue weighted by molar-refractivity contribution is -0.215. The van der Waals surface area contributed by atoms with Gasteiger partial charge in [-0.3, -0.25) is 9.00 Å². The first-order valence-corrected chi connectivity index (χ1v) is 8.61. The van der Waals surface area contributed by atoms with Crippen molar-refractivity contribution in [1.29, 1.82) is 0 Å². The maximum atomic E-state index is 13.8. The standard InChI is InChI=1S/C15H19F2NO3S/c16-15(17,14(20)7-4-8-14)13(19)18-9-10-22(21)11-12-5-2-1-3-6-12/h1-3,5-6,20H,4,7-11H2,(H,18,19). The molecule has 1 aromatic carbocycles. The first kappa shape index (κ1) is 17.0. The van der Waals surface area contributed by atoms with E-state index in [1.807, 2.05) is 30.3 Å². The zero-order valence-electron chi connectivity index (χ0n) is 12.1. The van der Waals surface area contributed by atoms with E-state index in [1.165, 1.54) is 0 Å². The topological polar surface area (TPSA) is 66.4 Å². The first-order valence-electron chi connectivity index (χ1n) is 7.12. The Morgan fingerprint density at radius 1 is 1.32 bits per heavy atom. The Morgan fingerprint density at radius 3 is 2.50 bits per heavy atom. The van der Waals surface area contributed by atoms with E-state index in [9.17, 15) is 22.9 Å². The molecular formula is C15H19F2NO3S. The molecule has 0 heterocycles. The largest absolute Gasteiger partial charge is 0.383 e. The van der Waals surface area contributed by atoms with Gasteiger partial charge in [-0.2, -0.15) is 8.78 Å². The molecule has 0 aliphatic heterocycles. The maximum absolute atomic E-state index is 13.8. The fourth-order valence-electron chi connectivity index (χ4n) is 2.26. The number of amides is 1. The van der Waals surface area contributed by atoms with Crippen LogP contribution in [0.15, 0.2) is 30.3 Å². The van der Waals surface area contributed by atoms with Gasteiger partial charge < -0.3 is 10.4 Å². The van der Waals surface area contributed by atoms with Crippen molar-refractivity contribution in [1.82, 2.24) is 5.32 Å². The Hall–Kier alpha value is -1.34. The minimum absolute atomic E-state index is 0.0760. The third-order valence-electron chi connectivity index (χ3n) is 3.84. The van der Waals surface area contributed by atoms with Gasteiger partial charge >= 0.3 is 5.92 Å². The lowest BCUT2D eigenvalue weighted by atomic mass is 9.75. The lowest BCUT2D eigenvalue weighted by Crippen LogP contribution is -2.60. The third-order valence-corrected chi connectivity index (χ3v) is 5.15. The van der Waals surface area contributed by atoms with Crippen LogP contribution in [0.25, 0.3) is 0 Å². The molecule has 0 saturated heterocycles. The van der Waals surface area contributed by atoms with Crippen LogP contribution in [0.4, 0.5) is 8.78 Å². The van der Waals surface area contributed by atoms with Crippen molar-refractivity contribution >= 4 is 16.7 Å². The van der Waals surface area contributed by atoms with Crippen LogP contribution in [-0.4, -0.2) is 39.0 Å². The third kappa shape index (κ3) is 3.70. The molecule has 1 atom stereocenters. The molecule has 1 unspecified atom stereocenters. The zero-order chi connectivity index (χ0) is 16.2. The molecule has 7 heteroatoms. The number of rotatable bonds is 7. The molecular weight excluding hydrogens is 312 g/mol. The Labute approximate surface area is 130 Å². The van der Waals surface area contributed by atoms with Crippen LogP contribution in [0.5, 0.6) is 0 Å². The molecule has 2 N–H and O–H groups in total. The molecule has 1 amide bonds. The highest BCUT2D eigenvalue weighted by Gasteiger charge is 2.60. The van der Waals surface area contributed by atoms with Gasteiger partial charge in [0.1, 0.15) is 5.60 Å². The van der Waals surface area contributed by atoms with Crippen molar-refractivity contribution in [3.05, 3.63) is 35.9 Å². The van der Waals surface area contributed by atoms with Crippen LogP contribution < -0.4 is 5.32 Å². The highest BCUT2D eigenvalue weighted by molar-refractivity contribution is 7.84. The summed E-state index contributed by atoms with van der Waals surface area (Å²) in [6.45, 7) is -0.107. The van der Waals surface area contributed by atoms with Gasteiger partial charge in [-0.1, -0.05) is 30.3 Å². The molecule has 122 valence electrons. The van der Waals surface area contributed by atoms with Crippen molar-refractivity contribution in [2.24, 2.45) is 0 Å². The number of nitrogens with one attached hydrogen (secondary N) is 1. The molecule has 1 fully saturated rings. The van der Waals surface area contributed by atoms with Gasteiger partial charge in [0.25, 0.3) is 5.91 Å². The predicted octanol–water partition coefficient (Wildman–Crippen LogP) is 1.60. The number of aliphatic hydroxyl groups is 1. The van der Waals surface area contributed by atoms with Crippen molar-refractivity contribution in [3.63, 3.8) is 0 Å². The van der Waals surface area contributed by atoms with Crippen molar-refractivity contribution < 1.29 is 22.9 Å². The summed E-state index contributed by atoms with van der Waals surface area (Å²) in [5.74, 6) is -4.88. The smallest absolute Gasteiger partial charge is 0.352 e. The molecule has 0 bridgehead atoms.